The fourth-order valence-electron chi connectivity index (χ4n) is 4.23. The molecule has 0 aromatic carbocycles. The van der Waals surface area contributed by atoms with Crippen LogP contribution in [0, 0.1) is 5.41 Å². The minimum Gasteiger partial charge on any atom is -0.378 e. The summed E-state index contributed by atoms with van der Waals surface area (Å²) in [7, 11) is 1.95. The number of rotatable bonds is 3. The number of nitrogens with zero attached hydrogens (tertiary/aromatic N) is 4. The summed E-state index contributed by atoms with van der Waals surface area (Å²) in [6.07, 6.45) is 5.20. The van der Waals surface area contributed by atoms with E-state index in [0.717, 1.165) is 76.9 Å². The Morgan fingerprint density at radius 1 is 1.25 bits per heavy atom. The molecule has 3 aliphatic rings. The largest absolute Gasteiger partial charge is 0.378 e. The minimum absolute atomic E-state index is 0.120. The number of anilines is 1. The van der Waals surface area contributed by atoms with E-state index in [4.69, 9.17) is 4.74 Å². The number of likely N-dealkylation sites (tertiary alicyclic amines) is 2. The van der Waals surface area contributed by atoms with Crippen molar-refractivity contribution in [2.45, 2.75) is 25.8 Å². The van der Waals surface area contributed by atoms with Crippen molar-refractivity contribution in [3.63, 3.8) is 0 Å². The van der Waals surface area contributed by atoms with Crippen LogP contribution in [0.1, 0.15) is 24.1 Å². The molecule has 1 spiro atoms. The first-order valence-corrected chi connectivity index (χ1v) is 9.73. The lowest BCUT2D eigenvalue weighted by atomic mass is 9.78. The molecule has 1 amide bonds. The van der Waals surface area contributed by atoms with Crippen LogP contribution < -0.4 is 4.90 Å². The van der Waals surface area contributed by atoms with Gasteiger partial charge < -0.3 is 14.5 Å². The zero-order chi connectivity index (χ0) is 16.6. The number of ether oxygens (including phenoxy) is 1. The molecular weight excluding hydrogens is 324 g/mol. The maximum atomic E-state index is 12.6. The average molecular weight is 350 g/mol. The highest BCUT2D eigenvalue weighted by Crippen LogP contribution is 2.40. The molecule has 24 heavy (non-hydrogen) atoms. The maximum Gasteiger partial charge on any atom is 0.229 e. The fourth-order valence-corrected chi connectivity index (χ4v) is 5.24. The smallest absolute Gasteiger partial charge is 0.229 e. The number of amides is 1. The van der Waals surface area contributed by atoms with Gasteiger partial charge in [-0.25, -0.2) is 4.98 Å². The van der Waals surface area contributed by atoms with Gasteiger partial charge >= 0.3 is 0 Å². The van der Waals surface area contributed by atoms with Crippen molar-refractivity contribution in [3.8, 4) is 0 Å². The maximum absolute atomic E-state index is 12.6. The highest BCUT2D eigenvalue weighted by molar-refractivity contribution is 7.15. The van der Waals surface area contributed by atoms with Gasteiger partial charge in [0.1, 0.15) is 0 Å². The highest BCUT2D eigenvalue weighted by Gasteiger charge is 2.47. The van der Waals surface area contributed by atoms with Crippen molar-refractivity contribution >= 4 is 22.4 Å². The predicted molar refractivity (Wildman–Crippen MR) is 94.3 cm³/mol. The summed E-state index contributed by atoms with van der Waals surface area (Å²) < 4.78 is 5.41. The van der Waals surface area contributed by atoms with Gasteiger partial charge in [0.15, 0.2) is 5.13 Å². The van der Waals surface area contributed by atoms with Crippen LogP contribution in [0.3, 0.4) is 0 Å². The minimum atomic E-state index is -0.120. The van der Waals surface area contributed by atoms with Gasteiger partial charge in [0, 0.05) is 50.8 Å². The van der Waals surface area contributed by atoms with Gasteiger partial charge in [-0.15, -0.1) is 11.3 Å². The van der Waals surface area contributed by atoms with E-state index in [2.05, 4.69) is 14.8 Å². The Hall–Kier alpha value is -1.18. The number of thiazole rings is 1. The number of hydrogen-bond acceptors (Lipinski definition) is 6. The molecular formula is C17H26N4O2S. The van der Waals surface area contributed by atoms with Gasteiger partial charge in [-0.1, -0.05) is 0 Å². The number of hydrogen-bond donors (Lipinski definition) is 0. The molecule has 7 heteroatoms. The van der Waals surface area contributed by atoms with Crippen LogP contribution in [0.2, 0.25) is 0 Å². The van der Waals surface area contributed by atoms with Crippen molar-refractivity contribution in [1.29, 1.82) is 0 Å². The zero-order valence-corrected chi connectivity index (χ0v) is 15.2. The van der Waals surface area contributed by atoms with Gasteiger partial charge in [-0.05, 0) is 25.8 Å². The molecule has 0 aliphatic carbocycles. The lowest BCUT2D eigenvalue weighted by Crippen LogP contribution is -2.48. The standard InChI is InChI=1S/C17H26N4O2S/c1-19-5-2-3-17(15(19)22)4-6-20(13-17)12-14-11-18-16(24-14)21-7-9-23-10-8-21/h11H,2-10,12-13H2,1H3/t17-/m0/s1. The topological polar surface area (TPSA) is 48.9 Å². The number of carbonyl (C=O) groups excluding carboxylic acids is 1. The Balaban J connectivity index is 1.38. The second-order valence-electron chi connectivity index (χ2n) is 7.28. The Morgan fingerprint density at radius 2 is 2.08 bits per heavy atom. The van der Waals surface area contributed by atoms with E-state index < -0.39 is 0 Å². The lowest BCUT2D eigenvalue weighted by molar-refractivity contribution is -0.143. The molecule has 1 atom stereocenters. The van der Waals surface area contributed by atoms with Gasteiger partial charge in [0.2, 0.25) is 5.91 Å². The van der Waals surface area contributed by atoms with E-state index >= 15 is 0 Å². The lowest BCUT2D eigenvalue weighted by Gasteiger charge is -2.37. The molecule has 0 N–H and O–H groups in total. The quantitative estimate of drug-likeness (QED) is 0.825. The molecule has 0 radical (unpaired) electrons. The molecule has 3 aliphatic heterocycles. The van der Waals surface area contributed by atoms with Crippen LogP contribution in [-0.2, 0) is 16.1 Å². The summed E-state index contributed by atoms with van der Waals surface area (Å²) in [6, 6.07) is 0. The average Bonchev–Trinajstić information content (AvgIpc) is 3.22. The van der Waals surface area contributed by atoms with Crippen molar-refractivity contribution < 1.29 is 9.53 Å². The first kappa shape index (κ1) is 16.3. The third-order valence-corrected chi connectivity index (χ3v) is 6.63. The van der Waals surface area contributed by atoms with Gasteiger partial charge in [-0.2, -0.15) is 0 Å². The van der Waals surface area contributed by atoms with Crippen molar-refractivity contribution in [3.05, 3.63) is 11.1 Å². The molecule has 4 heterocycles. The van der Waals surface area contributed by atoms with Crippen molar-refractivity contribution in [2.24, 2.45) is 5.41 Å². The summed E-state index contributed by atoms with van der Waals surface area (Å²) in [5.41, 5.74) is -0.120. The van der Waals surface area contributed by atoms with Gasteiger partial charge in [0.25, 0.3) is 0 Å². The zero-order valence-electron chi connectivity index (χ0n) is 14.4. The Bertz CT molecular complexity index is 601. The fraction of sp³-hybridized carbons (Fsp3) is 0.765. The van der Waals surface area contributed by atoms with Crippen molar-refractivity contribution in [1.82, 2.24) is 14.8 Å². The number of morpholine rings is 1. The predicted octanol–water partition coefficient (Wildman–Crippen LogP) is 1.42. The SMILES string of the molecule is CN1CCC[C@@]2(CCN(Cc3cnc(N4CCOCC4)s3)C2)C1=O. The van der Waals surface area contributed by atoms with E-state index in [0.29, 0.717) is 5.91 Å². The molecule has 3 saturated heterocycles. The number of piperidine rings is 1. The van der Waals surface area contributed by atoms with Crippen LogP contribution in [0.15, 0.2) is 6.20 Å². The van der Waals surface area contributed by atoms with Crippen LogP contribution in [0.5, 0.6) is 0 Å². The Morgan fingerprint density at radius 3 is 2.92 bits per heavy atom. The highest BCUT2D eigenvalue weighted by atomic mass is 32.1. The van der Waals surface area contributed by atoms with Crippen LogP contribution in [0.25, 0.3) is 0 Å². The van der Waals surface area contributed by atoms with E-state index in [1.165, 1.54) is 4.88 Å². The molecule has 4 rings (SSSR count). The van der Waals surface area contributed by atoms with Gasteiger partial charge in [-0.3, -0.25) is 9.69 Å². The van der Waals surface area contributed by atoms with E-state index in [-0.39, 0.29) is 5.41 Å². The molecule has 0 saturated carbocycles. The third kappa shape index (κ3) is 3.05. The van der Waals surface area contributed by atoms with Crippen LogP contribution >= 0.6 is 11.3 Å². The van der Waals surface area contributed by atoms with E-state index in [9.17, 15) is 4.79 Å². The van der Waals surface area contributed by atoms with Crippen molar-refractivity contribution in [2.75, 3.05) is 57.9 Å². The monoisotopic (exact) mass is 350 g/mol. The third-order valence-electron chi connectivity index (χ3n) is 5.58. The van der Waals surface area contributed by atoms with Crippen LogP contribution in [0.4, 0.5) is 5.13 Å². The molecule has 3 fully saturated rings. The summed E-state index contributed by atoms with van der Waals surface area (Å²) in [6.45, 7) is 7.20. The molecule has 1 aromatic rings. The molecule has 132 valence electrons. The normalized spacial score (nSPS) is 29.0. The summed E-state index contributed by atoms with van der Waals surface area (Å²) in [5, 5.41) is 1.11. The summed E-state index contributed by atoms with van der Waals surface area (Å²) in [5.74, 6) is 0.356. The van der Waals surface area contributed by atoms with E-state index in [1.54, 1.807) is 11.3 Å². The number of carbonyl (C=O) groups is 1. The van der Waals surface area contributed by atoms with Crippen LogP contribution in [-0.4, -0.2) is 73.7 Å². The first-order valence-electron chi connectivity index (χ1n) is 8.92. The molecule has 6 nitrogen and oxygen atoms in total. The molecule has 0 unspecified atom stereocenters. The molecule has 0 bridgehead atoms. The number of aromatic nitrogens is 1. The first-order chi connectivity index (χ1) is 11.7. The van der Waals surface area contributed by atoms with E-state index in [1.807, 2.05) is 18.1 Å². The second kappa shape index (κ2) is 6.61. The Labute approximate surface area is 147 Å². The molecule has 1 aromatic heterocycles. The Kier molecular flexibility index (Phi) is 4.49. The second-order valence-corrected chi connectivity index (χ2v) is 8.37. The summed E-state index contributed by atoms with van der Waals surface area (Å²) >= 11 is 1.78. The van der Waals surface area contributed by atoms with Gasteiger partial charge in [0.05, 0.1) is 18.6 Å². The summed E-state index contributed by atoms with van der Waals surface area (Å²) in [4.78, 5) is 25.2.